The molecule has 0 radical (unpaired) electrons. The molecule has 2 aromatic rings. The Labute approximate surface area is 214 Å². The summed E-state index contributed by atoms with van der Waals surface area (Å²) in [5, 5.41) is -0.197. The summed E-state index contributed by atoms with van der Waals surface area (Å²) in [4.78, 5) is 13.5. The average molecular weight is 552 g/mol. The predicted molar refractivity (Wildman–Crippen MR) is 146 cm³/mol. The first-order chi connectivity index (χ1) is 16.0. The third-order valence-corrected chi connectivity index (χ3v) is 14.2. The molecule has 0 spiro atoms. The van der Waals surface area contributed by atoms with Crippen molar-refractivity contribution < 1.29 is 9.22 Å². The zero-order chi connectivity index (χ0) is 23.9. The van der Waals surface area contributed by atoms with Gasteiger partial charge in [-0.25, -0.2) is 0 Å². The molecule has 0 aromatic heterocycles. The molecule has 2 rings (SSSR count). The number of rotatable bonds is 16. The standard InChI is InChI=1S/C28H41ClO2SeSi/c1-4-7-20-33(21-8-5-2,22-9-6-3)31-27(30)23-26(32-25-18-14-11-15-19-25)28(29)24-16-12-10-13-17-24/h10-19,26,28H,4-9,20-23H2,1-3H3/t26-,28+/m1/s1. The Morgan fingerprint density at radius 1 is 0.848 bits per heavy atom. The van der Waals surface area contributed by atoms with Crippen LogP contribution in [0.25, 0.3) is 0 Å². The molecule has 2 aromatic carbocycles. The first-order valence-corrected chi connectivity index (χ1v) is 17.5. The minimum atomic E-state index is -2.08. The van der Waals surface area contributed by atoms with Crippen molar-refractivity contribution in [3.63, 3.8) is 0 Å². The van der Waals surface area contributed by atoms with Gasteiger partial charge in [0.2, 0.25) is 0 Å². The maximum absolute atomic E-state index is 13.4. The number of unbranched alkanes of at least 4 members (excludes halogenated alkanes) is 3. The Hall–Kier alpha value is -1.06. The van der Waals surface area contributed by atoms with E-state index >= 15 is 0 Å². The van der Waals surface area contributed by atoms with E-state index in [2.05, 4.69) is 57.2 Å². The Balaban J connectivity index is 2.21. The van der Waals surface area contributed by atoms with Crippen LogP contribution in [0, 0.1) is 0 Å². The number of alkyl halides is 1. The summed E-state index contributed by atoms with van der Waals surface area (Å²) in [6, 6.07) is 24.0. The molecule has 33 heavy (non-hydrogen) atoms. The van der Waals surface area contributed by atoms with Crippen LogP contribution in [0.2, 0.25) is 22.9 Å². The third-order valence-electron chi connectivity index (χ3n) is 6.13. The predicted octanol–water partition coefficient (Wildman–Crippen LogP) is 8.06. The van der Waals surface area contributed by atoms with Crippen LogP contribution < -0.4 is 4.46 Å². The quantitative estimate of drug-likeness (QED) is 0.156. The van der Waals surface area contributed by atoms with Gasteiger partial charge in [-0.1, -0.05) is 0 Å². The fourth-order valence-corrected chi connectivity index (χ4v) is 11.8. The van der Waals surface area contributed by atoms with Crippen molar-refractivity contribution >= 4 is 45.3 Å². The molecule has 0 bridgehead atoms. The minimum absolute atomic E-state index is 0.0191. The first-order valence-electron chi connectivity index (χ1n) is 12.7. The van der Waals surface area contributed by atoms with Crippen molar-refractivity contribution in [2.45, 2.75) is 94.0 Å². The molecule has 2 atom stereocenters. The zero-order valence-corrected chi connectivity index (χ0v) is 24.1. The van der Waals surface area contributed by atoms with Crippen molar-refractivity contribution in [1.82, 2.24) is 0 Å². The number of hydrogen-bond donors (Lipinski definition) is 0. The molecular weight excluding hydrogens is 511 g/mol. The second-order valence-corrected chi connectivity index (χ2v) is 16.2. The third kappa shape index (κ3) is 9.98. The second kappa shape index (κ2) is 15.8. The van der Waals surface area contributed by atoms with E-state index in [0.29, 0.717) is 6.42 Å². The van der Waals surface area contributed by atoms with Crippen LogP contribution in [0.5, 0.6) is 0 Å². The van der Waals surface area contributed by atoms with E-state index in [9.17, 15) is 4.79 Å². The average Bonchev–Trinajstić information content (AvgIpc) is 2.85. The van der Waals surface area contributed by atoms with Crippen molar-refractivity contribution in [2.75, 3.05) is 0 Å². The molecule has 0 aliphatic heterocycles. The van der Waals surface area contributed by atoms with Crippen LogP contribution in [0.1, 0.15) is 76.7 Å². The fraction of sp³-hybridized carbons (Fsp3) is 0.536. The summed E-state index contributed by atoms with van der Waals surface area (Å²) in [6.45, 7) is 6.70. The van der Waals surface area contributed by atoms with Crippen LogP contribution in [0.4, 0.5) is 0 Å². The van der Waals surface area contributed by atoms with Crippen molar-refractivity contribution in [3.05, 3.63) is 66.2 Å². The molecule has 182 valence electrons. The summed E-state index contributed by atoms with van der Waals surface area (Å²) in [5.74, 6) is -0.0191. The van der Waals surface area contributed by atoms with Crippen LogP contribution in [-0.2, 0) is 9.22 Å². The summed E-state index contributed by atoms with van der Waals surface area (Å²) in [5.41, 5.74) is 1.08. The van der Waals surface area contributed by atoms with Crippen LogP contribution in [-0.4, -0.2) is 29.2 Å². The SMILES string of the molecule is CCCC[Si](CCCC)(CCCC)OC(=O)C[C@@H]([Se]c1ccccc1)[C@@H](Cl)c1ccccc1. The van der Waals surface area contributed by atoms with Gasteiger partial charge in [0, 0.05) is 0 Å². The van der Waals surface area contributed by atoms with Crippen molar-refractivity contribution in [1.29, 1.82) is 0 Å². The van der Waals surface area contributed by atoms with E-state index in [4.69, 9.17) is 16.0 Å². The number of halogens is 1. The van der Waals surface area contributed by atoms with E-state index in [-0.39, 0.29) is 31.1 Å². The Morgan fingerprint density at radius 2 is 1.33 bits per heavy atom. The molecule has 0 unspecified atom stereocenters. The van der Waals surface area contributed by atoms with E-state index in [1.54, 1.807) is 0 Å². The molecular formula is C28H41ClO2SeSi. The molecule has 0 saturated carbocycles. The van der Waals surface area contributed by atoms with Gasteiger partial charge in [-0.05, 0) is 0 Å². The summed E-state index contributed by atoms with van der Waals surface area (Å²) < 4.78 is 7.82. The van der Waals surface area contributed by atoms with Gasteiger partial charge in [-0.3, -0.25) is 0 Å². The molecule has 0 amide bonds. The number of benzene rings is 2. The van der Waals surface area contributed by atoms with Gasteiger partial charge in [-0.2, -0.15) is 0 Å². The maximum atomic E-state index is 13.4. The molecule has 0 N–H and O–H groups in total. The molecule has 0 heterocycles. The van der Waals surface area contributed by atoms with Gasteiger partial charge in [0.1, 0.15) is 0 Å². The van der Waals surface area contributed by atoms with Gasteiger partial charge in [0.05, 0.1) is 0 Å². The molecule has 0 saturated heterocycles. The van der Waals surface area contributed by atoms with E-state index in [1.165, 1.54) is 4.46 Å². The molecule has 0 fully saturated rings. The van der Waals surface area contributed by atoms with Gasteiger partial charge >= 0.3 is 215 Å². The van der Waals surface area contributed by atoms with E-state index in [0.717, 1.165) is 62.2 Å². The van der Waals surface area contributed by atoms with Crippen molar-refractivity contribution in [3.8, 4) is 0 Å². The normalized spacial score (nSPS) is 13.5. The van der Waals surface area contributed by atoms with Gasteiger partial charge in [0.15, 0.2) is 0 Å². The van der Waals surface area contributed by atoms with Crippen molar-refractivity contribution in [2.24, 2.45) is 0 Å². The molecule has 0 aliphatic rings. The number of hydrogen-bond acceptors (Lipinski definition) is 2. The van der Waals surface area contributed by atoms with Gasteiger partial charge in [0.25, 0.3) is 0 Å². The Kier molecular flexibility index (Phi) is 13.5. The van der Waals surface area contributed by atoms with E-state index in [1.807, 2.05) is 24.3 Å². The van der Waals surface area contributed by atoms with Crippen LogP contribution in [0.3, 0.4) is 0 Å². The van der Waals surface area contributed by atoms with E-state index < -0.39 is 8.32 Å². The topological polar surface area (TPSA) is 26.3 Å². The van der Waals surface area contributed by atoms with Crippen LogP contribution >= 0.6 is 11.6 Å². The van der Waals surface area contributed by atoms with Gasteiger partial charge < -0.3 is 0 Å². The monoisotopic (exact) mass is 552 g/mol. The number of carbonyl (C=O) groups is 1. The first kappa shape index (κ1) is 28.2. The molecule has 0 aliphatic carbocycles. The number of carbonyl (C=O) groups excluding carboxylic acids is 1. The zero-order valence-electron chi connectivity index (χ0n) is 20.6. The Bertz CT molecular complexity index is 765. The Morgan fingerprint density at radius 3 is 1.82 bits per heavy atom. The van der Waals surface area contributed by atoms with Crippen LogP contribution in [0.15, 0.2) is 60.7 Å². The molecule has 2 nitrogen and oxygen atoms in total. The summed E-state index contributed by atoms with van der Waals surface area (Å²) in [7, 11) is -2.08. The summed E-state index contributed by atoms with van der Waals surface area (Å²) in [6.07, 6.45) is 7.34. The fourth-order valence-electron chi connectivity index (χ4n) is 4.20. The molecule has 5 heteroatoms. The second-order valence-electron chi connectivity index (χ2n) is 8.95. The summed E-state index contributed by atoms with van der Waals surface area (Å²) >= 11 is 7.09. The van der Waals surface area contributed by atoms with Gasteiger partial charge in [-0.15, -0.1) is 0 Å².